The van der Waals surface area contributed by atoms with Gasteiger partial charge in [0.15, 0.2) is 0 Å². The Morgan fingerprint density at radius 1 is 1.38 bits per heavy atom. The van der Waals surface area contributed by atoms with Crippen molar-refractivity contribution in [3.05, 3.63) is 52.3 Å². The second-order valence-electron chi connectivity index (χ2n) is 6.61. The average molecular weight is 331 g/mol. The van der Waals surface area contributed by atoms with Gasteiger partial charge in [-0.2, -0.15) is 0 Å². The summed E-state index contributed by atoms with van der Waals surface area (Å²) in [7, 11) is 0. The molecule has 0 aliphatic heterocycles. The van der Waals surface area contributed by atoms with Gasteiger partial charge in [-0.25, -0.2) is 0 Å². The summed E-state index contributed by atoms with van der Waals surface area (Å²) in [6.07, 6.45) is 2.32. The molecule has 1 aromatic heterocycles. The molecule has 1 heterocycles. The molecule has 0 spiro atoms. The van der Waals surface area contributed by atoms with Crippen LogP contribution in [0, 0.1) is 0 Å². The maximum absolute atomic E-state index is 11.7. The predicted molar refractivity (Wildman–Crippen MR) is 95.4 cm³/mol. The molecule has 0 fully saturated rings. The second kappa shape index (κ2) is 7.64. The number of hydrogen-bond acceptors (Lipinski definition) is 4. The van der Waals surface area contributed by atoms with Gasteiger partial charge in [-0.15, -0.1) is 0 Å². The number of pyridine rings is 1. The first-order valence-corrected chi connectivity index (χ1v) is 8.08. The standard InChI is InChI=1S/C19H25NO4/c1-13(8-9-17(21)19(2,3)23)10-11-24-16-12-18(22)20-15-7-5-4-6-14(15)16/h4-7,10,12,17,21,23H,8-9,11H2,1-3H3,(H,20,22)/b13-10+/t17-/m0/s1. The van der Waals surface area contributed by atoms with Crippen molar-refractivity contribution in [2.45, 2.75) is 45.3 Å². The van der Waals surface area contributed by atoms with Crippen LogP contribution >= 0.6 is 0 Å². The first kappa shape index (κ1) is 18.2. The Labute approximate surface area is 141 Å². The van der Waals surface area contributed by atoms with Crippen LogP contribution in [-0.2, 0) is 0 Å². The Morgan fingerprint density at radius 2 is 2.08 bits per heavy atom. The molecule has 2 rings (SSSR count). The molecule has 0 saturated carbocycles. The van der Waals surface area contributed by atoms with E-state index >= 15 is 0 Å². The number of nitrogens with one attached hydrogen (secondary N) is 1. The number of aliphatic hydroxyl groups is 2. The Kier molecular flexibility index (Phi) is 5.80. The van der Waals surface area contributed by atoms with Crippen LogP contribution in [0.2, 0.25) is 0 Å². The molecule has 0 unspecified atom stereocenters. The highest BCUT2D eigenvalue weighted by molar-refractivity contribution is 5.84. The largest absolute Gasteiger partial charge is 0.489 e. The first-order valence-electron chi connectivity index (χ1n) is 8.08. The number of benzene rings is 1. The van der Waals surface area contributed by atoms with Crippen molar-refractivity contribution in [1.82, 2.24) is 4.98 Å². The predicted octanol–water partition coefficient (Wildman–Crippen LogP) is 2.77. The third-order valence-corrected chi connectivity index (χ3v) is 4.01. The van der Waals surface area contributed by atoms with E-state index < -0.39 is 11.7 Å². The summed E-state index contributed by atoms with van der Waals surface area (Å²) in [5, 5.41) is 20.4. The van der Waals surface area contributed by atoms with Crippen molar-refractivity contribution in [3.8, 4) is 5.75 Å². The molecule has 0 aliphatic rings. The molecule has 0 saturated heterocycles. The van der Waals surface area contributed by atoms with Crippen molar-refractivity contribution in [3.63, 3.8) is 0 Å². The summed E-state index contributed by atoms with van der Waals surface area (Å²) in [6, 6.07) is 8.94. The van der Waals surface area contributed by atoms with Gasteiger partial charge < -0.3 is 19.9 Å². The van der Waals surface area contributed by atoms with Gasteiger partial charge in [0.1, 0.15) is 12.4 Å². The lowest BCUT2D eigenvalue weighted by molar-refractivity contribution is -0.0509. The van der Waals surface area contributed by atoms with Gasteiger partial charge in [-0.05, 0) is 51.8 Å². The fraction of sp³-hybridized carbons (Fsp3) is 0.421. The summed E-state index contributed by atoms with van der Waals surface area (Å²) in [5.74, 6) is 0.551. The number of aromatic nitrogens is 1. The highest BCUT2D eigenvalue weighted by Crippen LogP contribution is 2.22. The third kappa shape index (κ3) is 4.94. The fourth-order valence-corrected chi connectivity index (χ4v) is 2.39. The van der Waals surface area contributed by atoms with Crippen molar-refractivity contribution < 1.29 is 14.9 Å². The van der Waals surface area contributed by atoms with E-state index in [0.717, 1.165) is 16.5 Å². The number of H-pyrrole nitrogens is 1. The van der Waals surface area contributed by atoms with Crippen LogP contribution in [0.5, 0.6) is 5.75 Å². The van der Waals surface area contributed by atoms with Crippen LogP contribution in [0.25, 0.3) is 10.9 Å². The minimum Gasteiger partial charge on any atom is -0.489 e. The summed E-state index contributed by atoms with van der Waals surface area (Å²) in [6.45, 7) is 5.49. The topological polar surface area (TPSA) is 82.6 Å². The Hall–Kier alpha value is -2.11. The molecule has 0 aliphatic carbocycles. The van der Waals surface area contributed by atoms with Crippen LogP contribution in [0.3, 0.4) is 0 Å². The molecular formula is C19H25NO4. The summed E-state index contributed by atoms with van der Waals surface area (Å²) >= 11 is 0. The maximum atomic E-state index is 11.7. The SMILES string of the molecule is C/C(=C\COc1cc(=O)[nH]c2ccccc12)CC[C@H](O)C(C)(C)O. The highest BCUT2D eigenvalue weighted by atomic mass is 16.5. The third-order valence-electron chi connectivity index (χ3n) is 4.01. The first-order chi connectivity index (χ1) is 11.3. The smallest absolute Gasteiger partial charge is 0.252 e. The Balaban J connectivity index is 1.97. The van der Waals surface area contributed by atoms with Crippen LogP contribution < -0.4 is 10.3 Å². The molecule has 0 radical (unpaired) electrons. The number of allylic oxidation sites excluding steroid dienone is 1. The number of aliphatic hydroxyl groups excluding tert-OH is 1. The van der Waals surface area contributed by atoms with E-state index in [2.05, 4.69) is 4.98 Å². The summed E-state index contributed by atoms with van der Waals surface area (Å²) in [5.41, 5.74) is 0.514. The number of para-hydroxylation sites is 1. The molecule has 3 N–H and O–H groups in total. The van der Waals surface area contributed by atoms with Crippen molar-refractivity contribution in [2.24, 2.45) is 0 Å². The van der Waals surface area contributed by atoms with E-state index in [9.17, 15) is 15.0 Å². The summed E-state index contributed by atoms with van der Waals surface area (Å²) < 4.78 is 5.74. The van der Waals surface area contributed by atoms with Gasteiger partial charge in [0.25, 0.3) is 5.56 Å². The Morgan fingerprint density at radius 3 is 2.79 bits per heavy atom. The molecule has 2 aromatic rings. The normalized spacial score (nSPS) is 14.0. The highest BCUT2D eigenvalue weighted by Gasteiger charge is 2.23. The van der Waals surface area contributed by atoms with E-state index in [1.165, 1.54) is 6.07 Å². The molecule has 5 heteroatoms. The zero-order chi connectivity index (χ0) is 17.7. The van der Waals surface area contributed by atoms with E-state index in [-0.39, 0.29) is 5.56 Å². The molecule has 0 amide bonds. The fourth-order valence-electron chi connectivity index (χ4n) is 2.39. The lowest BCUT2D eigenvalue weighted by Crippen LogP contribution is -2.35. The zero-order valence-corrected chi connectivity index (χ0v) is 14.4. The maximum Gasteiger partial charge on any atom is 0.252 e. The minimum absolute atomic E-state index is 0.197. The summed E-state index contributed by atoms with van der Waals surface area (Å²) in [4.78, 5) is 14.4. The van der Waals surface area contributed by atoms with Gasteiger partial charge in [-0.3, -0.25) is 4.79 Å². The van der Waals surface area contributed by atoms with Crippen molar-refractivity contribution in [2.75, 3.05) is 6.61 Å². The van der Waals surface area contributed by atoms with E-state index in [0.29, 0.717) is 25.2 Å². The second-order valence-corrected chi connectivity index (χ2v) is 6.61. The molecule has 24 heavy (non-hydrogen) atoms. The van der Waals surface area contributed by atoms with Gasteiger partial charge in [0.05, 0.1) is 17.2 Å². The van der Waals surface area contributed by atoms with Crippen LogP contribution in [0.4, 0.5) is 0 Å². The molecular weight excluding hydrogens is 306 g/mol. The lowest BCUT2D eigenvalue weighted by atomic mass is 9.96. The Bertz CT molecular complexity index is 771. The van der Waals surface area contributed by atoms with Crippen molar-refractivity contribution in [1.29, 1.82) is 0 Å². The molecule has 130 valence electrons. The van der Waals surface area contributed by atoms with E-state index in [4.69, 9.17) is 4.74 Å². The molecule has 0 bridgehead atoms. The van der Waals surface area contributed by atoms with Crippen LogP contribution in [0.15, 0.2) is 46.8 Å². The van der Waals surface area contributed by atoms with Gasteiger partial charge in [-0.1, -0.05) is 17.7 Å². The molecule has 5 nitrogen and oxygen atoms in total. The van der Waals surface area contributed by atoms with E-state index in [1.807, 2.05) is 37.3 Å². The number of fused-ring (bicyclic) bond motifs is 1. The number of aromatic amines is 1. The molecule has 1 atom stereocenters. The minimum atomic E-state index is -1.10. The van der Waals surface area contributed by atoms with Gasteiger partial charge in [0, 0.05) is 11.5 Å². The van der Waals surface area contributed by atoms with Gasteiger partial charge >= 0.3 is 0 Å². The van der Waals surface area contributed by atoms with Gasteiger partial charge in [0.2, 0.25) is 0 Å². The number of ether oxygens (including phenoxy) is 1. The zero-order valence-electron chi connectivity index (χ0n) is 14.4. The van der Waals surface area contributed by atoms with E-state index in [1.54, 1.807) is 13.8 Å². The average Bonchev–Trinajstić information content (AvgIpc) is 2.51. The lowest BCUT2D eigenvalue weighted by Gasteiger charge is -2.24. The number of rotatable bonds is 7. The van der Waals surface area contributed by atoms with Crippen LogP contribution in [0.1, 0.15) is 33.6 Å². The number of hydrogen-bond donors (Lipinski definition) is 3. The quantitative estimate of drug-likeness (QED) is 0.681. The van der Waals surface area contributed by atoms with Crippen LogP contribution in [-0.4, -0.2) is 33.5 Å². The monoisotopic (exact) mass is 331 g/mol. The molecule has 1 aromatic carbocycles. The van der Waals surface area contributed by atoms with Crippen molar-refractivity contribution >= 4 is 10.9 Å².